The Kier molecular flexibility index (Phi) is 6.92. The van der Waals surface area contributed by atoms with Gasteiger partial charge in [-0.1, -0.05) is 24.3 Å². The summed E-state index contributed by atoms with van der Waals surface area (Å²) < 4.78 is 101. The van der Waals surface area contributed by atoms with Crippen LogP contribution >= 0.6 is 11.3 Å². The Morgan fingerprint density at radius 1 is 0.822 bits per heavy atom. The number of halogens is 6. The van der Waals surface area contributed by atoms with Crippen LogP contribution in [0.4, 0.5) is 32.0 Å². The van der Waals surface area contributed by atoms with Crippen molar-refractivity contribution in [3.05, 3.63) is 104 Å². The average molecular weight is 643 g/mol. The van der Waals surface area contributed by atoms with Crippen LogP contribution in [0.2, 0.25) is 0 Å². The average Bonchev–Trinajstić information content (AvgIpc) is 3.48. The van der Waals surface area contributed by atoms with Crippen LogP contribution in [-0.2, 0) is 7.05 Å². The third-order valence-corrected chi connectivity index (χ3v) is 9.40. The van der Waals surface area contributed by atoms with Crippen molar-refractivity contribution in [2.45, 2.75) is 31.6 Å². The maximum absolute atomic E-state index is 15.9. The molecule has 1 aliphatic rings. The SMILES string of the molecule is COc1ccc2c(c1)c(C1=C(c3c(C)sc4cc(C=Cc5ccc([N+](=O)[O-])cc5)ccc34)C(F)(F)C(F)(F)C1(F)F)c(C)n2C. The number of aryl methyl sites for hydroxylation is 2. The fourth-order valence-electron chi connectivity index (χ4n) is 5.93. The second-order valence-electron chi connectivity index (χ2n) is 10.8. The number of aromatic nitrogens is 1. The number of nitrogens with zero attached hydrogens (tertiary/aromatic N) is 2. The van der Waals surface area contributed by atoms with E-state index < -0.39 is 33.8 Å². The molecule has 1 aliphatic carbocycles. The summed E-state index contributed by atoms with van der Waals surface area (Å²) in [5, 5.41) is 11.1. The summed E-state index contributed by atoms with van der Waals surface area (Å²) in [6, 6.07) is 15.0. The highest BCUT2D eigenvalue weighted by Gasteiger charge is 2.80. The molecule has 0 saturated carbocycles. The normalized spacial score (nSPS) is 17.2. The molecule has 0 saturated heterocycles. The van der Waals surface area contributed by atoms with Crippen LogP contribution in [0.15, 0.2) is 60.7 Å². The van der Waals surface area contributed by atoms with E-state index in [9.17, 15) is 10.1 Å². The van der Waals surface area contributed by atoms with Crippen molar-refractivity contribution in [1.82, 2.24) is 4.57 Å². The molecular formula is C33H24F6N2O3S. The molecule has 6 rings (SSSR count). The number of non-ortho nitro benzene ring substituents is 1. The highest BCUT2D eigenvalue weighted by Crippen LogP contribution is 2.66. The lowest BCUT2D eigenvalue weighted by Crippen LogP contribution is -2.49. The first-order valence-corrected chi connectivity index (χ1v) is 14.4. The predicted octanol–water partition coefficient (Wildman–Crippen LogP) is 9.93. The number of benzene rings is 3. The van der Waals surface area contributed by atoms with Gasteiger partial charge in [0.1, 0.15) is 5.75 Å². The molecule has 0 fully saturated rings. The number of hydrogen-bond acceptors (Lipinski definition) is 4. The van der Waals surface area contributed by atoms with Crippen LogP contribution in [0, 0.1) is 24.0 Å². The van der Waals surface area contributed by atoms with Gasteiger partial charge in [-0.25, -0.2) is 0 Å². The molecule has 0 atom stereocenters. The van der Waals surface area contributed by atoms with E-state index in [4.69, 9.17) is 4.74 Å². The van der Waals surface area contributed by atoms with Gasteiger partial charge in [-0.3, -0.25) is 10.1 Å². The number of rotatable bonds is 6. The summed E-state index contributed by atoms with van der Waals surface area (Å²) in [6.45, 7) is 2.87. The fourth-order valence-corrected chi connectivity index (χ4v) is 7.05. The Labute approximate surface area is 256 Å². The second kappa shape index (κ2) is 10.2. The van der Waals surface area contributed by atoms with Crippen LogP contribution < -0.4 is 4.74 Å². The number of allylic oxidation sites excluding steroid dienone is 2. The van der Waals surface area contributed by atoms with E-state index in [2.05, 4.69) is 0 Å². The zero-order valence-electron chi connectivity index (χ0n) is 24.2. The molecule has 0 bridgehead atoms. The molecule has 12 heteroatoms. The number of alkyl halides is 6. The van der Waals surface area contributed by atoms with E-state index in [0.29, 0.717) is 21.3 Å². The highest BCUT2D eigenvalue weighted by molar-refractivity contribution is 7.19. The first kappa shape index (κ1) is 30.4. The number of fused-ring (bicyclic) bond motifs is 2. The highest BCUT2D eigenvalue weighted by atomic mass is 32.1. The Morgan fingerprint density at radius 2 is 1.42 bits per heavy atom. The summed E-state index contributed by atoms with van der Waals surface area (Å²) in [7, 11) is 2.90. The van der Waals surface area contributed by atoms with Gasteiger partial charge in [0.05, 0.1) is 12.0 Å². The monoisotopic (exact) mass is 642 g/mol. The Morgan fingerprint density at radius 3 is 2.04 bits per heavy atom. The molecule has 0 N–H and O–H groups in total. The summed E-state index contributed by atoms with van der Waals surface area (Å²) in [5.74, 6) is -15.9. The van der Waals surface area contributed by atoms with E-state index in [1.54, 1.807) is 55.6 Å². The lowest BCUT2D eigenvalue weighted by Gasteiger charge is -2.26. The standard InChI is InChI=1S/C33H24F6N2O3S/c1-17-27(24-16-22(44-4)12-14-25(24)40(17)3)29-30(32(36,37)33(38,39)31(29,34)35)28-18(2)45-26-15-20(9-13-23(26)28)6-5-19-7-10-21(11-8-19)41(42)43/h5-16H,1-4H3. The van der Waals surface area contributed by atoms with Gasteiger partial charge in [0.15, 0.2) is 0 Å². The van der Waals surface area contributed by atoms with Crippen LogP contribution in [-0.4, -0.2) is 34.4 Å². The topological polar surface area (TPSA) is 57.3 Å². The minimum absolute atomic E-state index is 0.0680. The Bertz CT molecular complexity index is 2090. The van der Waals surface area contributed by atoms with Crippen molar-refractivity contribution in [3.63, 3.8) is 0 Å². The van der Waals surface area contributed by atoms with Gasteiger partial charge in [0, 0.05) is 73.0 Å². The quantitative estimate of drug-likeness (QED) is 0.0802. The molecule has 45 heavy (non-hydrogen) atoms. The van der Waals surface area contributed by atoms with E-state index in [-0.39, 0.29) is 43.9 Å². The van der Waals surface area contributed by atoms with Crippen molar-refractivity contribution in [1.29, 1.82) is 0 Å². The van der Waals surface area contributed by atoms with Crippen LogP contribution in [0.5, 0.6) is 5.75 Å². The zero-order valence-corrected chi connectivity index (χ0v) is 25.0. The number of hydrogen-bond donors (Lipinski definition) is 0. The Hall–Kier alpha value is -4.58. The van der Waals surface area contributed by atoms with Gasteiger partial charge >= 0.3 is 17.8 Å². The van der Waals surface area contributed by atoms with Crippen molar-refractivity contribution in [2.75, 3.05) is 7.11 Å². The molecule has 2 heterocycles. The lowest BCUT2D eigenvalue weighted by atomic mass is 9.91. The van der Waals surface area contributed by atoms with E-state index in [1.165, 1.54) is 49.8 Å². The lowest BCUT2D eigenvalue weighted by molar-refractivity contribution is -0.384. The summed E-state index contributed by atoms with van der Waals surface area (Å²) in [5.41, 5.74) is -1.81. The first-order chi connectivity index (χ1) is 21.1. The van der Waals surface area contributed by atoms with Crippen molar-refractivity contribution in [2.24, 2.45) is 7.05 Å². The molecule has 5 nitrogen and oxygen atoms in total. The molecule has 0 spiro atoms. The predicted molar refractivity (Wildman–Crippen MR) is 164 cm³/mol. The fraction of sp³-hybridized carbons (Fsp3) is 0.212. The molecule has 232 valence electrons. The van der Waals surface area contributed by atoms with Crippen molar-refractivity contribution in [3.8, 4) is 5.75 Å². The number of thiophene rings is 1. The number of nitro benzene ring substituents is 1. The minimum atomic E-state index is -5.70. The van der Waals surface area contributed by atoms with Gasteiger partial charge in [0.2, 0.25) is 0 Å². The van der Waals surface area contributed by atoms with Gasteiger partial charge in [0.25, 0.3) is 5.69 Å². The van der Waals surface area contributed by atoms with E-state index in [0.717, 1.165) is 11.3 Å². The molecular weight excluding hydrogens is 618 g/mol. The van der Waals surface area contributed by atoms with Gasteiger partial charge < -0.3 is 9.30 Å². The first-order valence-electron chi connectivity index (χ1n) is 13.6. The van der Waals surface area contributed by atoms with E-state index in [1.807, 2.05) is 0 Å². The molecule has 2 aromatic heterocycles. The zero-order chi connectivity index (χ0) is 32.6. The maximum Gasteiger partial charge on any atom is 0.380 e. The van der Waals surface area contributed by atoms with E-state index >= 15 is 26.3 Å². The van der Waals surface area contributed by atoms with Crippen LogP contribution in [0.1, 0.15) is 32.8 Å². The van der Waals surface area contributed by atoms with Crippen molar-refractivity contribution < 1.29 is 36.0 Å². The molecule has 0 aliphatic heterocycles. The van der Waals surface area contributed by atoms with Crippen molar-refractivity contribution >= 4 is 61.3 Å². The Balaban J connectivity index is 1.57. The smallest absolute Gasteiger partial charge is 0.380 e. The van der Waals surface area contributed by atoms with Gasteiger partial charge in [-0.15, -0.1) is 11.3 Å². The largest absolute Gasteiger partial charge is 0.497 e. The summed E-state index contributed by atoms with van der Waals surface area (Å²) in [6.07, 6.45) is 3.38. The molecule has 0 amide bonds. The molecule has 5 aromatic rings. The number of methoxy groups -OCH3 is 1. The second-order valence-corrected chi connectivity index (χ2v) is 12.1. The van der Waals surface area contributed by atoms with Crippen LogP contribution in [0.3, 0.4) is 0 Å². The van der Waals surface area contributed by atoms with Gasteiger partial charge in [-0.05, 0) is 61.4 Å². The van der Waals surface area contributed by atoms with Crippen LogP contribution in [0.25, 0.3) is 44.3 Å². The maximum atomic E-state index is 15.9. The third-order valence-electron chi connectivity index (χ3n) is 8.33. The number of nitro groups is 1. The third kappa shape index (κ3) is 4.37. The number of ether oxygens (including phenoxy) is 1. The molecule has 0 unspecified atom stereocenters. The molecule has 0 radical (unpaired) electrons. The minimum Gasteiger partial charge on any atom is -0.497 e. The summed E-state index contributed by atoms with van der Waals surface area (Å²) >= 11 is 1.03. The van der Waals surface area contributed by atoms with Gasteiger partial charge in [-0.2, -0.15) is 26.3 Å². The molecule has 3 aromatic carbocycles. The summed E-state index contributed by atoms with van der Waals surface area (Å²) in [4.78, 5) is 10.6.